The van der Waals surface area contributed by atoms with Crippen molar-refractivity contribution in [2.24, 2.45) is 0 Å². The van der Waals surface area contributed by atoms with E-state index in [4.69, 9.17) is 14.2 Å². The lowest BCUT2D eigenvalue weighted by molar-refractivity contribution is 0.0746. The molecule has 0 radical (unpaired) electrons. The Hall–Kier alpha value is -4.20. The van der Waals surface area contributed by atoms with Gasteiger partial charge in [-0.2, -0.15) is 0 Å². The first kappa shape index (κ1) is 24.9. The molecule has 1 aliphatic rings. The summed E-state index contributed by atoms with van der Waals surface area (Å²) >= 11 is 0. The van der Waals surface area contributed by atoms with Crippen LogP contribution in [0.2, 0.25) is 0 Å². The summed E-state index contributed by atoms with van der Waals surface area (Å²) in [5.74, 6) is 1.70. The predicted octanol–water partition coefficient (Wildman–Crippen LogP) is 4.32. The van der Waals surface area contributed by atoms with E-state index in [1.54, 1.807) is 56.7 Å². The molecule has 188 valence electrons. The molecule has 0 saturated carbocycles. The minimum absolute atomic E-state index is 0.0424. The summed E-state index contributed by atoms with van der Waals surface area (Å²) in [6.07, 6.45) is 0. The van der Waals surface area contributed by atoms with Gasteiger partial charge < -0.3 is 29.3 Å². The maximum atomic E-state index is 13.0. The van der Waals surface area contributed by atoms with Crippen LogP contribution >= 0.6 is 0 Å². The molecule has 0 atom stereocenters. The van der Waals surface area contributed by atoms with E-state index in [2.05, 4.69) is 10.2 Å². The van der Waals surface area contributed by atoms with Gasteiger partial charge in [-0.05, 0) is 67.6 Å². The van der Waals surface area contributed by atoms with E-state index >= 15 is 0 Å². The van der Waals surface area contributed by atoms with Gasteiger partial charge >= 0.3 is 0 Å². The van der Waals surface area contributed by atoms with Crippen LogP contribution in [0.4, 0.5) is 11.4 Å². The van der Waals surface area contributed by atoms with E-state index in [1.165, 1.54) is 0 Å². The second-order valence-corrected chi connectivity index (χ2v) is 8.34. The van der Waals surface area contributed by atoms with Crippen molar-refractivity contribution in [1.82, 2.24) is 4.90 Å². The number of benzene rings is 3. The van der Waals surface area contributed by atoms with E-state index in [-0.39, 0.29) is 11.8 Å². The van der Waals surface area contributed by atoms with Crippen molar-refractivity contribution in [3.63, 3.8) is 0 Å². The Balaban J connectivity index is 1.32. The zero-order valence-electron chi connectivity index (χ0n) is 20.8. The number of hydrogen-bond acceptors (Lipinski definition) is 6. The number of carbonyl (C=O) groups excluding carboxylic acids is 2. The van der Waals surface area contributed by atoms with Crippen LogP contribution in [0.3, 0.4) is 0 Å². The molecule has 8 nitrogen and oxygen atoms in total. The van der Waals surface area contributed by atoms with Crippen LogP contribution in [0.25, 0.3) is 0 Å². The molecule has 1 heterocycles. The van der Waals surface area contributed by atoms with Gasteiger partial charge in [-0.25, -0.2) is 0 Å². The summed E-state index contributed by atoms with van der Waals surface area (Å²) in [7, 11) is 3.14. The van der Waals surface area contributed by atoms with Gasteiger partial charge in [0.25, 0.3) is 11.8 Å². The second-order valence-electron chi connectivity index (χ2n) is 8.34. The number of piperazine rings is 1. The summed E-state index contributed by atoms with van der Waals surface area (Å²) < 4.78 is 16.0. The van der Waals surface area contributed by atoms with Gasteiger partial charge in [0.1, 0.15) is 17.2 Å². The summed E-state index contributed by atoms with van der Waals surface area (Å²) in [6.45, 7) is 5.14. The number of nitrogens with one attached hydrogen (secondary N) is 1. The highest BCUT2D eigenvalue weighted by Gasteiger charge is 2.23. The average molecular weight is 490 g/mol. The number of carbonyl (C=O) groups is 2. The zero-order chi connectivity index (χ0) is 25.5. The quantitative estimate of drug-likeness (QED) is 0.508. The molecule has 0 bridgehead atoms. The molecule has 4 rings (SSSR count). The molecule has 3 aromatic carbocycles. The Morgan fingerprint density at radius 3 is 1.94 bits per heavy atom. The normalized spacial score (nSPS) is 13.2. The number of methoxy groups -OCH3 is 2. The standard InChI is InChI=1S/C28H31N3O5/c1-4-36-24-11-5-20(6-12-24)27(32)29-22-7-9-23(10-8-22)30-13-15-31(16-14-30)28(33)21-17-25(34-2)19-26(18-21)35-3/h5-12,17-19H,4,13-16H2,1-3H3,(H,29,32). The third kappa shape index (κ3) is 5.89. The first-order chi connectivity index (χ1) is 17.5. The molecule has 0 aliphatic carbocycles. The number of anilines is 2. The number of nitrogens with zero attached hydrogens (tertiary/aromatic N) is 2. The molecular formula is C28H31N3O5. The van der Waals surface area contributed by atoms with Crippen LogP contribution < -0.4 is 24.4 Å². The van der Waals surface area contributed by atoms with Crippen LogP contribution in [-0.2, 0) is 0 Å². The molecule has 1 aliphatic heterocycles. The van der Waals surface area contributed by atoms with Crippen LogP contribution in [0, 0.1) is 0 Å². The van der Waals surface area contributed by atoms with Crippen molar-refractivity contribution in [3.8, 4) is 17.2 Å². The molecule has 0 spiro atoms. The first-order valence-electron chi connectivity index (χ1n) is 11.9. The highest BCUT2D eigenvalue weighted by Crippen LogP contribution is 2.25. The van der Waals surface area contributed by atoms with Gasteiger partial charge in [0.05, 0.1) is 20.8 Å². The monoisotopic (exact) mass is 489 g/mol. The van der Waals surface area contributed by atoms with Crippen LogP contribution in [0.5, 0.6) is 17.2 Å². The maximum Gasteiger partial charge on any atom is 0.255 e. The highest BCUT2D eigenvalue weighted by atomic mass is 16.5. The summed E-state index contributed by atoms with van der Waals surface area (Å²) in [6, 6.07) is 20.0. The fourth-order valence-corrected chi connectivity index (χ4v) is 4.11. The smallest absolute Gasteiger partial charge is 0.255 e. The number of hydrogen-bond donors (Lipinski definition) is 1. The largest absolute Gasteiger partial charge is 0.497 e. The molecule has 0 aromatic heterocycles. The molecule has 8 heteroatoms. The van der Waals surface area contributed by atoms with Crippen molar-refractivity contribution < 1.29 is 23.8 Å². The Morgan fingerprint density at radius 1 is 0.778 bits per heavy atom. The lowest BCUT2D eigenvalue weighted by atomic mass is 10.1. The van der Waals surface area contributed by atoms with Crippen molar-refractivity contribution in [3.05, 3.63) is 77.9 Å². The fraction of sp³-hybridized carbons (Fsp3) is 0.286. The van der Waals surface area contributed by atoms with Gasteiger partial charge in [0, 0.05) is 54.7 Å². The molecule has 2 amide bonds. The summed E-state index contributed by atoms with van der Waals surface area (Å²) in [4.78, 5) is 29.7. The van der Waals surface area contributed by atoms with Crippen molar-refractivity contribution in [1.29, 1.82) is 0 Å². The van der Waals surface area contributed by atoms with Crippen molar-refractivity contribution >= 4 is 23.2 Å². The third-order valence-electron chi connectivity index (χ3n) is 6.08. The topological polar surface area (TPSA) is 80.3 Å². The zero-order valence-corrected chi connectivity index (χ0v) is 20.8. The van der Waals surface area contributed by atoms with Gasteiger partial charge in [0.15, 0.2) is 0 Å². The maximum absolute atomic E-state index is 13.0. The fourth-order valence-electron chi connectivity index (χ4n) is 4.11. The Labute approximate surface area is 211 Å². The van der Waals surface area contributed by atoms with Crippen molar-refractivity contribution in [2.75, 3.05) is 57.2 Å². The molecule has 3 aromatic rings. The van der Waals surface area contributed by atoms with E-state index in [0.29, 0.717) is 55.4 Å². The van der Waals surface area contributed by atoms with Gasteiger partial charge in [-0.15, -0.1) is 0 Å². The molecule has 1 fully saturated rings. The summed E-state index contributed by atoms with van der Waals surface area (Å²) in [5, 5.41) is 2.93. The third-order valence-corrected chi connectivity index (χ3v) is 6.08. The number of rotatable bonds is 8. The van der Waals surface area contributed by atoms with Gasteiger partial charge in [-0.3, -0.25) is 9.59 Å². The molecule has 1 N–H and O–H groups in total. The predicted molar refractivity (Wildman–Crippen MR) is 140 cm³/mol. The highest BCUT2D eigenvalue weighted by molar-refractivity contribution is 6.04. The Bertz CT molecular complexity index is 1160. The lowest BCUT2D eigenvalue weighted by Gasteiger charge is -2.36. The van der Waals surface area contributed by atoms with E-state index in [0.717, 1.165) is 17.1 Å². The van der Waals surface area contributed by atoms with Crippen LogP contribution in [-0.4, -0.2) is 63.7 Å². The lowest BCUT2D eigenvalue weighted by Crippen LogP contribution is -2.48. The minimum atomic E-state index is -0.174. The number of ether oxygens (including phenoxy) is 3. The Kier molecular flexibility index (Phi) is 7.95. The van der Waals surface area contributed by atoms with E-state index in [9.17, 15) is 9.59 Å². The summed E-state index contributed by atoms with van der Waals surface area (Å²) in [5.41, 5.74) is 2.88. The van der Waals surface area contributed by atoms with Crippen LogP contribution in [0.15, 0.2) is 66.7 Å². The SMILES string of the molecule is CCOc1ccc(C(=O)Nc2ccc(N3CCN(C(=O)c4cc(OC)cc(OC)c4)CC3)cc2)cc1. The van der Waals surface area contributed by atoms with Crippen molar-refractivity contribution in [2.45, 2.75) is 6.92 Å². The van der Waals surface area contributed by atoms with E-state index in [1.807, 2.05) is 36.1 Å². The minimum Gasteiger partial charge on any atom is -0.497 e. The Morgan fingerprint density at radius 2 is 1.39 bits per heavy atom. The number of amides is 2. The first-order valence-corrected chi connectivity index (χ1v) is 11.9. The molecular weight excluding hydrogens is 458 g/mol. The van der Waals surface area contributed by atoms with Crippen LogP contribution in [0.1, 0.15) is 27.6 Å². The second kappa shape index (κ2) is 11.5. The van der Waals surface area contributed by atoms with Gasteiger partial charge in [0.2, 0.25) is 0 Å². The van der Waals surface area contributed by atoms with Gasteiger partial charge in [-0.1, -0.05) is 0 Å². The molecule has 1 saturated heterocycles. The molecule has 36 heavy (non-hydrogen) atoms. The average Bonchev–Trinajstić information content (AvgIpc) is 2.93. The van der Waals surface area contributed by atoms with E-state index < -0.39 is 0 Å². The molecule has 0 unspecified atom stereocenters.